The van der Waals surface area contributed by atoms with Crippen LogP contribution < -0.4 is 5.46 Å². The minimum absolute atomic E-state index is 0.121. The molecule has 0 aliphatic carbocycles. The van der Waals surface area contributed by atoms with Crippen LogP contribution in [0.1, 0.15) is 21.5 Å². The molecule has 0 fully saturated rings. The van der Waals surface area contributed by atoms with E-state index in [1.54, 1.807) is 36.5 Å². The van der Waals surface area contributed by atoms with E-state index in [4.69, 9.17) is 16.3 Å². The average molecular weight is 338 g/mol. The molecule has 1 aromatic heterocycles. The molecular formula is C18H13BClNO3. The second-order valence-corrected chi connectivity index (χ2v) is 6.07. The highest BCUT2D eigenvalue weighted by molar-refractivity contribution is 6.61. The van der Waals surface area contributed by atoms with Gasteiger partial charge in [-0.25, -0.2) is 0 Å². The molecule has 1 N–H and O–H groups in total. The van der Waals surface area contributed by atoms with Crippen molar-refractivity contribution in [3.63, 3.8) is 0 Å². The maximum atomic E-state index is 12.6. The second-order valence-electron chi connectivity index (χ2n) is 5.66. The molecule has 118 valence electrons. The highest BCUT2D eigenvalue weighted by Gasteiger charge is 2.27. The van der Waals surface area contributed by atoms with Gasteiger partial charge in [0.2, 0.25) is 0 Å². The Morgan fingerprint density at radius 3 is 2.88 bits per heavy atom. The summed E-state index contributed by atoms with van der Waals surface area (Å²) in [6.45, 7) is 0.415. The van der Waals surface area contributed by atoms with Crippen molar-refractivity contribution in [3.05, 3.63) is 82.6 Å². The Morgan fingerprint density at radius 1 is 1.21 bits per heavy atom. The lowest BCUT2D eigenvalue weighted by Crippen LogP contribution is -2.28. The Bertz CT molecular complexity index is 938. The number of halogens is 1. The number of benzene rings is 2. The summed E-state index contributed by atoms with van der Waals surface area (Å²) in [5, 5.41) is 10.3. The van der Waals surface area contributed by atoms with Crippen LogP contribution in [-0.4, -0.2) is 22.5 Å². The van der Waals surface area contributed by atoms with Gasteiger partial charge < -0.3 is 14.2 Å². The molecule has 1 aliphatic rings. The molecule has 0 radical (unpaired) electrons. The first-order valence-corrected chi connectivity index (χ1v) is 7.91. The van der Waals surface area contributed by atoms with E-state index in [1.165, 1.54) is 0 Å². The molecule has 0 unspecified atom stereocenters. The van der Waals surface area contributed by atoms with Crippen LogP contribution in [0.25, 0.3) is 5.69 Å². The normalized spacial score (nSPS) is 13.2. The van der Waals surface area contributed by atoms with E-state index in [2.05, 4.69) is 0 Å². The zero-order valence-electron chi connectivity index (χ0n) is 12.6. The van der Waals surface area contributed by atoms with E-state index in [0.29, 0.717) is 22.8 Å². The summed E-state index contributed by atoms with van der Waals surface area (Å²) < 4.78 is 7.05. The Hall–Kier alpha value is -2.34. The smallest absolute Gasteiger partial charge is 0.423 e. The van der Waals surface area contributed by atoms with Gasteiger partial charge in [0.1, 0.15) is 0 Å². The zero-order chi connectivity index (χ0) is 16.7. The van der Waals surface area contributed by atoms with Crippen LogP contribution in [0.2, 0.25) is 5.02 Å². The summed E-state index contributed by atoms with van der Waals surface area (Å²) in [4.78, 5) is 12.6. The van der Waals surface area contributed by atoms with E-state index in [1.807, 2.05) is 29.0 Å². The summed E-state index contributed by atoms with van der Waals surface area (Å²) in [6, 6.07) is 14.5. The van der Waals surface area contributed by atoms with Crippen LogP contribution in [0, 0.1) is 0 Å². The van der Waals surface area contributed by atoms with Crippen LogP contribution >= 0.6 is 11.6 Å². The minimum atomic E-state index is -0.889. The van der Waals surface area contributed by atoms with E-state index >= 15 is 0 Å². The first kappa shape index (κ1) is 15.2. The van der Waals surface area contributed by atoms with E-state index < -0.39 is 7.12 Å². The standard InChI is InChI=1S/C18H13BClNO3/c20-17-4-2-1-3-15(17)18(22)12-7-8-21(10-12)14-6-5-13-11-24-19(23)16(13)9-14/h1-10,23H,11H2. The Morgan fingerprint density at radius 2 is 2.04 bits per heavy atom. The molecule has 0 saturated heterocycles. The summed E-state index contributed by atoms with van der Waals surface area (Å²) in [5.74, 6) is -0.121. The molecule has 24 heavy (non-hydrogen) atoms. The highest BCUT2D eigenvalue weighted by atomic mass is 35.5. The van der Waals surface area contributed by atoms with Crippen molar-refractivity contribution in [1.82, 2.24) is 4.57 Å². The van der Waals surface area contributed by atoms with Gasteiger partial charge in [0.25, 0.3) is 0 Å². The molecule has 3 aromatic rings. The number of hydrogen-bond acceptors (Lipinski definition) is 3. The van der Waals surface area contributed by atoms with Crippen molar-refractivity contribution < 1.29 is 14.5 Å². The summed E-state index contributed by atoms with van der Waals surface area (Å²) >= 11 is 6.10. The number of rotatable bonds is 3. The molecular weight excluding hydrogens is 324 g/mol. The first-order chi connectivity index (χ1) is 11.6. The third-order valence-corrected chi connectivity index (χ3v) is 4.49. The largest absolute Gasteiger partial charge is 0.491 e. The van der Waals surface area contributed by atoms with Gasteiger partial charge in [-0.3, -0.25) is 4.79 Å². The highest BCUT2D eigenvalue weighted by Crippen LogP contribution is 2.21. The van der Waals surface area contributed by atoms with Crippen molar-refractivity contribution in [1.29, 1.82) is 0 Å². The predicted octanol–water partition coefficient (Wildman–Crippen LogP) is 2.58. The van der Waals surface area contributed by atoms with Gasteiger partial charge in [-0.2, -0.15) is 0 Å². The van der Waals surface area contributed by atoms with Crippen LogP contribution in [0.3, 0.4) is 0 Å². The topological polar surface area (TPSA) is 51.5 Å². The quantitative estimate of drug-likeness (QED) is 0.590. The van der Waals surface area contributed by atoms with Crippen LogP contribution in [0.4, 0.5) is 0 Å². The van der Waals surface area contributed by atoms with Crippen LogP contribution in [0.5, 0.6) is 0 Å². The molecule has 0 spiro atoms. The van der Waals surface area contributed by atoms with Crippen LogP contribution in [0.15, 0.2) is 60.9 Å². The molecule has 2 aromatic carbocycles. The number of aromatic nitrogens is 1. The fraction of sp³-hybridized carbons (Fsp3) is 0.0556. The SMILES string of the molecule is O=C(c1ccn(-c2ccc3c(c2)B(O)OC3)c1)c1ccccc1Cl. The van der Waals surface area contributed by atoms with Crippen molar-refractivity contribution in [2.75, 3.05) is 0 Å². The number of carbonyl (C=O) groups excluding carboxylic acids is 1. The van der Waals surface area contributed by atoms with Gasteiger partial charge in [0, 0.05) is 29.2 Å². The molecule has 6 heteroatoms. The van der Waals surface area contributed by atoms with E-state index in [0.717, 1.165) is 16.7 Å². The average Bonchev–Trinajstić information content (AvgIpc) is 3.22. The van der Waals surface area contributed by atoms with Gasteiger partial charge in [-0.15, -0.1) is 0 Å². The fourth-order valence-electron chi connectivity index (χ4n) is 2.86. The molecule has 1 aliphatic heterocycles. The molecule has 0 atom stereocenters. The molecule has 0 bridgehead atoms. The van der Waals surface area contributed by atoms with E-state index in [-0.39, 0.29) is 5.78 Å². The Labute approximate surface area is 144 Å². The maximum Gasteiger partial charge on any atom is 0.491 e. The summed E-state index contributed by atoms with van der Waals surface area (Å²) in [7, 11) is -0.889. The summed E-state index contributed by atoms with van der Waals surface area (Å²) in [6.07, 6.45) is 3.57. The molecule has 0 amide bonds. The monoisotopic (exact) mass is 337 g/mol. The summed E-state index contributed by atoms with van der Waals surface area (Å²) in [5.41, 5.74) is 3.64. The van der Waals surface area contributed by atoms with Gasteiger partial charge in [-0.05, 0) is 41.4 Å². The Kier molecular flexibility index (Phi) is 3.77. The first-order valence-electron chi connectivity index (χ1n) is 7.53. The van der Waals surface area contributed by atoms with E-state index in [9.17, 15) is 9.82 Å². The second kappa shape index (κ2) is 5.94. The van der Waals surface area contributed by atoms with Crippen molar-refractivity contribution in [3.8, 4) is 5.69 Å². The molecule has 4 nitrogen and oxygen atoms in total. The van der Waals surface area contributed by atoms with Crippen LogP contribution in [-0.2, 0) is 11.3 Å². The molecule has 2 heterocycles. The number of nitrogens with zero attached hydrogens (tertiary/aromatic N) is 1. The van der Waals surface area contributed by atoms with Crippen molar-refractivity contribution >= 4 is 30.0 Å². The van der Waals surface area contributed by atoms with Crippen molar-refractivity contribution in [2.24, 2.45) is 0 Å². The number of hydrogen-bond donors (Lipinski definition) is 1. The lowest BCUT2D eigenvalue weighted by Gasteiger charge is -2.06. The predicted molar refractivity (Wildman–Crippen MR) is 93.0 cm³/mol. The van der Waals surface area contributed by atoms with Gasteiger partial charge in [0.05, 0.1) is 11.6 Å². The number of ketones is 1. The third-order valence-electron chi connectivity index (χ3n) is 4.16. The van der Waals surface area contributed by atoms with Gasteiger partial charge >= 0.3 is 7.12 Å². The minimum Gasteiger partial charge on any atom is -0.423 e. The molecule has 0 saturated carbocycles. The lowest BCUT2D eigenvalue weighted by molar-refractivity contribution is 0.103. The van der Waals surface area contributed by atoms with Gasteiger partial charge in [-0.1, -0.05) is 29.8 Å². The lowest BCUT2D eigenvalue weighted by atomic mass is 9.79. The fourth-order valence-corrected chi connectivity index (χ4v) is 3.08. The van der Waals surface area contributed by atoms with Crippen molar-refractivity contribution in [2.45, 2.75) is 6.61 Å². The molecule has 4 rings (SSSR count). The Balaban J connectivity index is 1.67. The number of carbonyl (C=O) groups is 1. The maximum absolute atomic E-state index is 12.6. The zero-order valence-corrected chi connectivity index (χ0v) is 13.4. The van der Waals surface area contributed by atoms with Gasteiger partial charge in [0.15, 0.2) is 5.78 Å². The number of fused-ring (bicyclic) bond motifs is 1. The third kappa shape index (κ3) is 2.57.